The largest absolute Gasteiger partial charge is 0.496 e. The first-order valence-corrected chi connectivity index (χ1v) is 11.6. The Bertz CT molecular complexity index is 1210. The fourth-order valence-electron chi connectivity index (χ4n) is 4.09. The van der Waals surface area contributed by atoms with Crippen molar-refractivity contribution in [1.29, 1.82) is 0 Å². The number of amides is 1. The number of aryl methyl sites for hydroxylation is 2. The summed E-state index contributed by atoms with van der Waals surface area (Å²) in [4.78, 5) is 17.2. The van der Waals surface area contributed by atoms with Gasteiger partial charge in [0.05, 0.1) is 24.7 Å². The van der Waals surface area contributed by atoms with Crippen molar-refractivity contribution in [2.24, 2.45) is 0 Å². The maximum atomic E-state index is 12.2. The van der Waals surface area contributed by atoms with Crippen LogP contribution in [0.25, 0.3) is 11.0 Å². The van der Waals surface area contributed by atoms with Crippen molar-refractivity contribution in [3.63, 3.8) is 0 Å². The average Bonchev–Trinajstić information content (AvgIpc) is 3.19. The molecule has 33 heavy (non-hydrogen) atoms. The Balaban J connectivity index is 1.34. The van der Waals surface area contributed by atoms with E-state index < -0.39 is 0 Å². The van der Waals surface area contributed by atoms with Crippen LogP contribution in [0, 0.1) is 6.92 Å². The Hall–Kier alpha value is -3.60. The van der Waals surface area contributed by atoms with Gasteiger partial charge in [0.25, 0.3) is 5.91 Å². The second kappa shape index (κ2) is 10.8. The number of para-hydroxylation sites is 3. The van der Waals surface area contributed by atoms with Crippen molar-refractivity contribution in [1.82, 2.24) is 14.9 Å². The molecular weight excluding hydrogens is 410 g/mol. The molecule has 5 nitrogen and oxygen atoms in total. The molecule has 0 unspecified atom stereocenters. The van der Waals surface area contributed by atoms with Crippen LogP contribution in [-0.2, 0) is 13.0 Å². The number of rotatable bonds is 10. The van der Waals surface area contributed by atoms with Crippen molar-refractivity contribution >= 4 is 16.9 Å². The van der Waals surface area contributed by atoms with Crippen molar-refractivity contribution in [2.45, 2.75) is 39.2 Å². The van der Waals surface area contributed by atoms with Crippen molar-refractivity contribution in [3.8, 4) is 5.75 Å². The maximum Gasteiger partial charge on any atom is 0.251 e. The topological polar surface area (TPSA) is 56.1 Å². The summed E-state index contributed by atoms with van der Waals surface area (Å²) in [6.07, 6.45) is 3.90. The Morgan fingerprint density at radius 3 is 2.52 bits per heavy atom. The minimum atomic E-state index is -0.00592. The molecule has 0 aliphatic heterocycles. The summed E-state index contributed by atoms with van der Waals surface area (Å²) >= 11 is 0. The summed E-state index contributed by atoms with van der Waals surface area (Å²) in [7, 11) is 1.71. The molecule has 0 spiro atoms. The van der Waals surface area contributed by atoms with Gasteiger partial charge in [-0.2, -0.15) is 0 Å². The highest BCUT2D eigenvalue weighted by Crippen LogP contribution is 2.24. The number of ether oxygens (including phenoxy) is 1. The number of methoxy groups -OCH3 is 1. The average molecular weight is 442 g/mol. The smallest absolute Gasteiger partial charge is 0.251 e. The second-order valence-electron chi connectivity index (χ2n) is 8.35. The van der Waals surface area contributed by atoms with Gasteiger partial charge in [-0.05, 0) is 50.1 Å². The number of carbonyl (C=O) groups is 1. The van der Waals surface area contributed by atoms with Gasteiger partial charge in [-0.3, -0.25) is 4.79 Å². The number of unbranched alkanes of at least 4 members (excludes halogenated alkanes) is 2. The summed E-state index contributed by atoms with van der Waals surface area (Å²) < 4.78 is 7.86. The fourth-order valence-corrected chi connectivity index (χ4v) is 4.09. The molecule has 3 aromatic carbocycles. The van der Waals surface area contributed by atoms with Gasteiger partial charge in [-0.1, -0.05) is 54.4 Å². The molecule has 5 heteroatoms. The normalized spacial score (nSPS) is 11.0. The lowest BCUT2D eigenvalue weighted by molar-refractivity contribution is 0.0953. The standard InChI is InChI=1S/C28H31N3O2/c1-21-15-17-22(18-16-21)28(32)29-19-9-3-4-14-27-30-24-11-6-7-12-25(24)31(27)20-23-10-5-8-13-26(23)33-2/h5-8,10-13,15-18H,3-4,9,14,19-20H2,1-2H3,(H,29,32). The van der Waals surface area contributed by atoms with E-state index in [9.17, 15) is 4.79 Å². The maximum absolute atomic E-state index is 12.2. The number of nitrogens with one attached hydrogen (secondary N) is 1. The third-order valence-corrected chi connectivity index (χ3v) is 5.93. The molecule has 1 N–H and O–H groups in total. The molecule has 0 bridgehead atoms. The Morgan fingerprint density at radius 1 is 0.939 bits per heavy atom. The molecule has 0 radical (unpaired) electrons. The van der Waals surface area contributed by atoms with Crippen molar-refractivity contribution < 1.29 is 9.53 Å². The number of hydrogen-bond acceptors (Lipinski definition) is 3. The summed E-state index contributed by atoms with van der Waals surface area (Å²) in [6.45, 7) is 3.43. The van der Waals surface area contributed by atoms with Crippen LogP contribution in [0.2, 0.25) is 0 Å². The molecule has 0 saturated heterocycles. The predicted molar refractivity (Wildman–Crippen MR) is 133 cm³/mol. The van der Waals surface area contributed by atoms with Gasteiger partial charge in [0.2, 0.25) is 0 Å². The molecule has 4 rings (SSSR count). The van der Waals surface area contributed by atoms with Crippen LogP contribution in [0.3, 0.4) is 0 Å². The number of fused-ring (bicyclic) bond motifs is 1. The molecule has 0 atom stereocenters. The summed E-state index contributed by atoms with van der Waals surface area (Å²) in [5, 5.41) is 3.02. The number of aromatic nitrogens is 2. The number of nitrogens with zero attached hydrogens (tertiary/aromatic N) is 2. The third kappa shape index (κ3) is 5.61. The molecule has 0 aliphatic carbocycles. The first-order chi connectivity index (χ1) is 16.2. The molecule has 1 amide bonds. The lowest BCUT2D eigenvalue weighted by atomic mass is 10.1. The van der Waals surface area contributed by atoms with E-state index in [1.165, 1.54) is 0 Å². The SMILES string of the molecule is COc1ccccc1Cn1c(CCCCCNC(=O)c2ccc(C)cc2)nc2ccccc21. The van der Waals surface area contributed by atoms with Gasteiger partial charge in [0, 0.05) is 24.1 Å². The monoisotopic (exact) mass is 441 g/mol. The molecule has 0 saturated carbocycles. The van der Waals surface area contributed by atoms with E-state index >= 15 is 0 Å². The van der Waals surface area contributed by atoms with Gasteiger partial charge in [-0.25, -0.2) is 4.98 Å². The number of imidazole rings is 1. The van der Waals surface area contributed by atoms with Crippen LogP contribution < -0.4 is 10.1 Å². The van der Waals surface area contributed by atoms with Crippen LogP contribution >= 0.6 is 0 Å². The van der Waals surface area contributed by atoms with Crippen LogP contribution in [0.15, 0.2) is 72.8 Å². The second-order valence-corrected chi connectivity index (χ2v) is 8.35. The van der Waals surface area contributed by atoms with Crippen molar-refractivity contribution in [2.75, 3.05) is 13.7 Å². The van der Waals surface area contributed by atoms with E-state index in [0.717, 1.165) is 66.0 Å². The van der Waals surface area contributed by atoms with Gasteiger partial charge in [-0.15, -0.1) is 0 Å². The van der Waals surface area contributed by atoms with Crippen LogP contribution in [0.5, 0.6) is 5.75 Å². The van der Waals surface area contributed by atoms with E-state index in [4.69, 9.17) is 9.72 Å². The molecule has 1 aromatic heterocycles. The third-order valence-electron chi connectivity index (χ3n) is 5.93. The van der Waals surface area contributed by atoms with Crippen molar-refractivity contribution in [3.05, 3.63) is 95.3 Å². The van der Waals surface area contributed by atoms with Crippen LogP contribution in [-0.4, -0.2) is 29.1 Å². The van der Waals surface area contributed by atoms with Crippen LogP contribution in [0.1, 0.15) is 46.6 Å². The first-order valence-electron chi connectivity index (χ1n) is 11.6. The molecule has 0 aliphatic rings. The molecular formula is C28H31N3O2. The van der Waals surface area contributed by atoms with Gasteiger partial charge < -0.3 is 14.6 Å². The highest BCUT2D eigenvalue weighted by molar-refractivity contribution is 5.94. The molecule has 4 aromatic rings. The summed E-state index contributed by atoms with van der Waals surface area (Å²) in [5.41, 5.74) is 5.17. The number of carbonyl (C=O) groups excluding carboxylic acids is 1. The fraction of sp³-hybridized carbons (Fsp3) is 0.286. The Morgan fingerprint density at radius 2 is 1.70 bits per heavy atom. The lowest BCUT2D eigenvalue weighted by Gasteiger charge is -2.12. The van der Waals surface area contributed by atoms with E-state index in [1.807, 2.05) is 55.5 Å². The van der Waals surface area contributed by atoms with E-state index in [0.29, 0.717) is 12.1 Å². The lowest BCUT2D eigenvalue weighted by Crippen LogP contribution is -2.24. The number of benzene rings is 3. The Labute approximate surface area is 195 Å². The summed E-state index contributed by atoms with van der Waals surface area (Å²) in [6, 6.07) is 24.1. The zero-order chi connectivity index (χ0) is 23.0. The minimum absolute atomic E-state index is 0.00592. The predicted octanol–water partition coefficient (Wildman–Crippen LogP) is 5.54. The van der Waals surface area contributed by atoms with E-state index in [1.54, 1.807) is 7.11 Å². The number of hydrogen-bond donors (Lipinski definition) is 1. The van der Waals surface area contributed by atoms with Crippen LogP contribution in [0.4, 0.5) is 0 Å². The van der Waals surface area contributed by atoms with E-state index in [2.05, 4.69) is 34.1 Å². The van der Waals surface area contributed by atoms with E-state index in [-0.39, 0.29) is 5.91 Å². The zero-order valence-corrected chi connectivity index (χ0v) is 19.4. The first kappa shape index (κ1) is 22.6. The highest BCUT2D eigenvalue weighted by Gasteiger charge is 2.13. The molecule has 170 valence electrons. The molecule has 0 fully saturated rings. The zero-order valence-electron chi connectivity index (χ0n) is 19.4. The highest BCUT2D eigenvalue weighted by atomic mass is 16.5. The van der Waals surface area contributed by atoms with Gasteiger partial charge in [0.1, 0.15) is 11.6 Å². The van der Waals surface area contributed by atoms with Gasteiger partial charge >= 0.3 is 0 Å². The Kier molecular flexibility index (Phi) is 7.40. The van der Waals surface area contributed by atoms with Gasteiger partial charge in [0.15, 0.2) is 0 Å². The molecule has 1 heterocycles. The summed E-state index contributed by atoms with van der Waals surface area (Å²) in [5.74, 6) is 1.98. The quantitative estimate of drug-likeness (QED) is 0.329. The minimum Gasteiger partial charge on any atom is -0.496 e.